The largest absolute Gasteiger partial charge is 0.480 e. The van der Waals surface area contributed by atoms with E-state index in [1.807, 2.05) is 44.2 Å². The molecule has 8 N–H and O–H groups in total. The summed E-state index contributed by atoms with van der Waals surface area (Å²) >= 11 is 0. The Kier molecular flexibility index (Phi) is 19.2. The van der Waals surface area contributed by atoms with Gasteiger partial charge in [0.25, 0.3) is 0 Å². The average molecular weight is 970 g/mol. The monoisotopic (exact) mass is 969 g/mol. The van der Waals surface area contributed by atoms with E-state index in [-0.39, 0.29) is 25.2 Å². The van der Waals surface area contributed by atoms with Crippen LogP contribution in [0.25, 0.3) is 10.9 Å². The smallest absolute Gasteiger partial charge is 0.408 e. The van der Waals surface area contributed by atoms with Crippen LogP contribution in [0.2, 0.25) is 0 Å². The van der Waals surface area contributed by atoms with Crippen molar-refractivity contribution in [3.63, 3.8) is 0 Å². The van der Waals surface area contributed by atoms with Crippen molar-refractivity contribution in [2.45, 2.75) is 123 Å². The number of nitrogens with one attached hydrogen (secondary N) is 7. The van der Waals surface area contributed by atoms with Gasteiger partial charge in [0.15, 0.2) is 0 Å². The number of aromatic nitrogens is 1. The van der Waals surface area contributed by atoms with E-state index in [0.29, 0.717) is 16.7 Å². The predicted octanol–water partition coefficient (Wildman–Crippen LogP) is 3.44. The van der Waals surface area contributed by atoms with Crippen molar-refractivity contribution in [2.75, 3.05) is 13.1 Å². The van der Waals surface area contributed by atoms with Crippen molar-refractivity contribution in [3.05, 3.63) is 101 Å². The molecule has 0 aliphatic rings. The number of alkyl carbamates (subject to hydrolysis) is 1. The van der Waals surface area contributed by atoms with Gasteiger partial charge in [0.1, 0.15) is 42.1 Å². The van der Waals surface area contributed by atoms with E-state index >= 15 is 0 Å². The molecule has 0 radical (unpaired) electrons. The number of para-hydroxylation sites is 1. The van der Waals surface area contributed by atoms with Crippen molar-refractivity contribution < 1.29 is 62.5 Å². The van der Waals surface area contributed by atoms with E-state index < -0.39 is 108 Å². The third-order valence-corrected chi connectivity index (χ3v) is 10.6. The number of amides is 6. The van der Waals surface area contributed by atoms with Gasteiger partial charge in [-0.25, -0.2) is 14.4 Å². The van der Waals surface area contributed by atoms with Crippen LogP contribution in [0, 0.1) is 13.8 Å². The maximum absolute atomic E-state index is 14.0. The van der Waals surface area contributed by atoms with E-state index in [1.54, 1.807) is 77.2 Å². The number of fused-ring (bicyclic) bond motifs is 1. The molecule has 0 spiro atoms. The highest BCUT2D eigenvalue weighted by molar-refractivity contribution is 5.95. The number of esters is 2. The first-order valence-corrected chi connectivity index (χ1v) is 22.6. The normalized spacial score (nSPS) is 13.0. The number of aryl methyl sites for hydroxylation is 2. The lowest BCUT2D eigenvalue weighted by molar-refractivity contribution is -0.151. The number of benzene rings is 3. The van der Waals surface area contributed by atoms with Crippen LogP contribution in [0.3, 0.4) is 0 Å². The molecule has 20 heteroatoms. The second-order valence-corrected chi connectivity index (χ2v) is 18.5. The second kappa shape index (κ2) is 24.5. The molecule has 376 valence electrons. The van der Waals surface area contributed by atoms with Gasteiger partial charge in [-0.3, -0.25) is 28.8 Å². The molecule has 0 aliphatic heterocycles. The first kappa shape index (κ1) is 54.8. The Balaban J connectivity index is 1.38. The summed E-state index contributed by atoms with van der Waals surface area (Å²) in [7, 11) is 0. The molecule has 70 heavy (non-hydrogen) atoms. The van der Waals surface area contributed by atoms with E-state index in [9.17, 15) is 48.3 Å². The van der Waals surface area contributed by atoms with Crippen LogP contribution < -0.4 is 36.6 Å². The van der Waals surface area contributed by atoms with Crippen molar-refractivity contribution in [3.8, 4) is 5.75 Å². The van der Waals surface area contributed by atoms with Gasteiger partial charge < -0.3 is 56.2 Å². The number of hydrogen-bond donors (Lipinski definition) is 8. The molecule has 0 saturated carbocycles. The van der Waals surface area contributed by atoms with E-state index in [1.165, 1.54) is 13.8 Å². The molecule has 1 aromatic heterocycles. The number of carboxylic acid groups (broad SMARTS) is 1. The van der Waals surface area contributed by atoms with Crippen LogP contribution in [-0.4, -0.2) is 106 Å². The summed E-state index contributed by atoms with van der Waals surface area (Å²) in [6, 6.07) is 14.4. The molecule has 0 bridgehead atoms. The van der Waals surface area contributed by atoms with Gasteiger partial charge in [-0.05, 0) is 82.9 Å². The summed E-state index contributed by atoms with van der Waals surface area (Å²) in [6.07, 6.45) is 0.0663. The van der Waals surface area contributed by atoms with Crippen LogP contribution in [0.4, 0.5) is 4.79 Å². The van der Waals surface area contributed by atoms with Crippen molar-refractivity contribution >= 4 is 64.4 Å². The maximum Gasteiger partial charge on any atom is 0.408 e. The summed E-state index contributed by atoms with van der Waals surface area (Å²) < 4.78 is 16.2. The molecule has 4 atom stereocenters. The standard InChI is InChI=1S/C50H63N7O13/c1-28-19-29(2)43(38(20-28)69-47(66)31(4)55-48(67)70-49(5,6)7)50(8,9)23-39(58)56-36(21-33-24-51-35-18-14-13-17-34(33)35)45(63)54-30(3)44(62)53-25-40(59)52-26-41(60)57-37(46(64)65)22-42(61)68-27-32-15-11-10-12-16-32/h10-20,24,30-31,36-37,51H,21-23,25-27H2,1-9H3,(H,52,59)(H,53,62)(H,54,63)(H,55,67)(H,56,58)(H,57,60)(H,64,65)/t30-,31-,36-,37-/m0/s1. The molecule has 3 aromatic carbocycles. The van der Waals surface area contributed by atoms with E-state index in [0.717, 1.165) is 22.0 Å². The lowest BCUT2D eigenvalue weighted by atomic mass is 9.78. The van der Waals surface area contributed by atoms with Crippen LogP contribution in [0.5, 0.6) is 5.75 Å². The van der Waals surface area contributed by atoms with Gasteiger partial charge in [-0.1, -0.05) is 68.4 Å². The zero-order chi connectivity index (χ0) is 51.9. The lowest BCUT2D eigenvalue weighted by Gasteiger charge is -2.30. The van der Waals surface area contributed by atoms with Crippen molar-refractivity contribution in [2.24, 2.45) is 0 Å². The fourth-order valence-electron chi connectivity index (χ4n) is 7.43. The highest BCUT2D eigenvalue weighted by atomic mass is 16.6. The summed E-state index contributed by atoms with van der Waals surface area (Å²) in [5.41, 5.74) is 2.42. The third kappa shape index (κ3) is 17.1. The summed E-state index contributed by atoms with van der Waals surface area (Å²) in [6.45, 7) is 13.7. The Morgan fingerprint density at radius 2 is 1.36 bits per heavy atom. The number of ether oxygens (including phenoxy) is 3. The SMILES string of the molecule is Cc1cc(C)c(C(C)(C)CC(=O)N[C@@H](Cc2c[nH]c3ccccc23)C(=O)N[C@@H](C)C(=O)NCC(=O)NCC(=O)N[C@@H](CC(=O)OCc2ccccc2)C(=O)O)c(OC(=O)[C@H](C)NC(=O)OC(C)(C)C)c1. The van der Waals surface area contributed by atoms with Crippen LogP contribution >= 0.6 is 0 Å². The predicted molar refractivity (Wildman–Crippen MR) is 256 cm³/mol. The molecular weight excluding hydrogens is 907 g/mol. The maximum atomic E-state index is 14.0. The Morgan fingerprint density at radius 1 is 0.714 bits per heavy atom. The Labute approximate surface area is 405 Å². The highest BCUT2D eigenvalue weighted by Crippen LogP contribution is 2.38. The van der Waals surface area contributed by atoms with Gasteiger partial charge in [0.05, 0.1) is 19.5 Å². The number of carbonyl (C=O) groups excluding carboxylic acids is 8. The molecule has 4 rings (SSSR count). The molecule has 0 aliphatic carbocycles. The fourth-order valence-corrected chi connectivity index (χ4v) is 7.43. The number of H-pyrrole nitrogens is 1. The summed E-state index contributed by atoms with van der Waals surface area (Å²) in [5, 5.41) is 25.0. The highest BCUT2D eigenvalue weighted by Gasteiger charge is 2.34. The number of carboxylic acids is 1. The van der Waals surface area contributed by atoms with E-state index in [2.05, 4.69) is 36.9 Å². The minimum absolute atomic E-state index is 0.00733. The molecule has 6 amide bonds. The minimum atomic E-state index is -1.64. The molecular formula is C50H63N7O13. The van der Waals surface area contributed by atoms with Crippen LogP contribution in [0.15, 0.2) is 72.9 Å². The molecule has 20 nitrogen and oxygen atoms in total. The Hall–Kier alpha value is -7.77. The Morgan fingerprint density at radius 3 is 2.03 bits per heavy atom. The van der Waals surface area contributed by atoms with Gasteiger partial charge in [0.2, 0.25) is 29.5 Å². The number of aliphatic carboxylic acids is 1. The van der Waals surface area contributed by atoms with Gasteiger partial charge in [-0.2, -0.15) is 0 Å². The minimum Gasteiger partial charge on any atom is -0.480 e. The second-order valence-electron chi connectivity index (χ2n) is 18.5. The zero-order valence-electron chi connectivity index (χ0n) is 40.8. The topological polar surface area (TPSA) is 290 Å². The summed E-state index contributed by atoms with van der Waals surface area (Å²) in [4.78, 5) is 119. The third-order valence-electron chi connectivity index (χ3n) is 10.6. The molecule has 0 saturated heterocycles. The zero-order valence-corrected chi connectivity index (χ0v) is 40.8. The molecule has 4 aromatic rings. The van der Waals surface area contributed by atoms with Gasteiger partial charge >= 0.3 is 24.0 Å². The molecule has 0 fully saturated rings. The van der Waals surface area contributed by atoms with Gasteiger partial charge in [0, 0.05) is 40.9 Å². The van der Waals surface area contributed by atoms with Gasteiger partial charge in [-0.15, -0.1) is 0 Å². The molecule has 1 heterocycles. The lowest BCUT2D eigenvalue weighted by Crippen LogP contribution is -2.54. The first-order chi connectivity index (χ1) is 32.8. The van der Waals surface area contributed by atoms with Crippen LogP contribution in [0.1, 0.15) is 89.1 Å². The first-order valence-electron chi connectivity index (χ1n) is 22.6. The number of carbonyl (C=O) groups is 9. The quantitative estimate of drug-likeness (QED) is 0.0414. The number of rotatable bonds is 22. The van der Waals surface area contributed by atoms with E-state index in [4.69, 9.17) is 14.2 Å². The average Bonchev–Trinajstić information content (AvgIpc) is 3.67. The van der Waals surface area contributed by atoms with Crippen molar-refractivity contribution in [1.29, 1.82) is 0 Å². The van der Waals surface area contributed by atoms with Crippen LogP contribution in [-0.2, 0) is 66.3 Å². The molecule has 0 unspecified atom stereocenters. The summed E-state index contributed by atoms with van der Waals surface area (Å²) in [5.74, 6) is -6.74. The Bertz CT molecular complexity index is 2570. The number of hydrogen-bond acceptors (Lipinski definition) is 12. The number of aromatic amines is 1. The fraction of sp³-hybridized carbons (Fsp3) is 0.420. The van der Waals surface area contributed by atoms with Crippen molar-refractivity contribution in [1.82, 2.24) is 36.9 Å².